The number of carbonyl (C=O) groups is 1. The van der Waals surface area contributed by atoms with Crippen LogP contribution >= 0.6 is 0 Å². The predicted octanol–water partition coefficient (Wildman–Crippen LogP) is 6.60. The van der Waals surface area contributed by atoms with Gasteiger partial charge in [-0.25, -0.2) is 0 Å². The van der Waals surface area contributed by atoms with E-state index in [1.165, 1.54) is 64.2 Å². The van der Waals surface area contributed by atoms with Gasteiger partial charge in [0.25, 0.3) is 0 Å². The molecule has 0 saturated carbocycles. The van der Waals surface area contributed by atoms with Gasteiger partial charge in [-0.3, -0.25) is 4.79 Å². The minimum atomic E-state index is -1.97. The number of ether oxygens (including phenoxy) is 6. The summed E-state index contributed by atoms with van der Waals surface area (Å²) >= 11 is 0. The molecule has 83 heavy (non-hydrogen) atoms. The van der Waals surface area contributed by atoms with Crippen LogP contribution in [0.2, 0.25) is 0 Å². The van der Waals surface area contributed by atoms with Gasteiger partial charge in [-0.15, -0.1) is 0 Å². The molecule has 17 atom stereocenters. The Hall–Kier alpha value is -2.77. The molecule has 3 aliphatic rings. The highest BCUT2D eigenvalue weighted by molar-refractivity contribution is 5.76. The summed E-state index contributed by atoms with van der Waals surface area (Å²) in [5.74, 6) is -0.254. The van der Waals surface area contributed by atoms with Crippen molar-refractivity contribution in [1.29, 1.82) is 0 Å². The number of amides is 1. The summed E-state index contributed by atoms with van der Waals surface area (Å²) in [4.78, 5) is 13.3. The largest absolute Gasteiger partial charge is 0.394 e. The molecular formula is C64H111NO18. The molecule has 3 saturated heterocycles. The van der Waals surface area contributed by atoms with Crippen LogP contribution in [0, 0.1) is 0 Å². The van der Waals surface area contributed by atoms with E-state index in [2.05, 4.69) is 92.1 Å². The third kappa shape index (κ3) is 29.7. The number of hydrogen-bond donors (Lipinski definition) is 12. The molecule has 0 radical (unpaired) electrons. The zero-order valence-corrected chi connectivity index (χ0v) is 50.1. The lowest BCUT2D eigenvalue weighted by Crippen LogP contribution is -2.66. The Morgan fingerprint density at radius 1 is 0.446 bits per heavy atom. The van der Waals surface area contributed by atoms with Crippen LogP contribution < -0.4 is 5.32 Å². The first-order valence-corrected chi connectivity index (χ1v) is 31.7. The first-order valence-electron chi connectivity index (χ1n) is 31.7. The lowest BCUT2D eigenvalue weighted by Gasteiger charge is -2.48. The Morgan fingerprint density at radius 3 is 1.30 bits per heavy atom. The van der Waals surface area contributed by atoms with Crippen molar-refractivity contribution in [2.45, 2.75) is 298 Å². The monoisotopic (exact) mass is 1180 g/mol. The Labute approximate surface area is 496 Å². The maximum absolute atomic E-state index is 13.3. The number of hydrogen-bond acceptors (Lipinski definition) is 18. The fourth-order valence-corrected chi connectivity index (χ4v) is 10.4. The van der Waals surface area contributed by atoms with Crippen LogP contribution in [0.15, 0.2) is 72.9 Å². The predicted molar refractivity (Wildman–Crippen MR) is 318 cm³/mol. The molecule has 3 rings (SSSR count). The van der Waals surface area contributed by atoms with Crippen molar-refractivity contribution in [1.82, 2.24) is 5.32 Å². The number of aliphatic hydroxyl groups is 11. The van der Waals surface area contributed by atoms with Crippen LogP contribution in [0.25, 0.3) is 0 Å². The van der Waals surface area contributed by atoms with Gasteiger partial charge in [-0.05, 0) is 64.2 Å². The fraction of sp³-hybridized carbons (Fsp3) is 0.797. The van der Waals surface area contributed by atoms with Crippen molar-refractivity contribution in [3.8, 4) is 0 Å². The van der Waals surface area contributed by atoms with Gasteiger partial charge < -0.3 is 89.9 Å². The van der Waals surface area contributed by atoms with Crippen LogP contribution in [0.3, 0.4) is 0 Å². The molecule has 0 aromatic rings. The van der Waals surface area contributed by atoms with Gasteiger partial charge in [0, 0.05) is 6.42 Å². The van der Waals surface area contributed by atoms with E-state index < -0.39 is 124 Å². The highest BCUT2D eigenvalue weighted by Gasteiger charge is 2.53. The minimum absolute atomic E-state index is 0.254. The number of allylic oxidation sites excluding steroid dienone is 12. The van der Waals surface area contributed by atoms with E-state index in [4.69, 9.17) is 28.4 Å². The van der Waals surface area contributed by atoms with Crippen LogP contribution in [0.4, 0.5) is 0 Å². The normalized spacial score (nSPS) is 29.9. The van der Waals surface area contributed by atoms with Gasteiger partial charge in [0.1, 0.15) is 73.2 Å². The van der Waals surface area contributed by atoms with E-state index in [0.29, 0.717) is 12.8 Å². The number of carbonyl (C=O) groups excluding carboxylic acids is 1. The summed E-state index contributed by atoms with van der Waals surface area (Å²) in [7, 11) is 0. The van der Waals surface area contributed by atoms with Gasteiger partial charge in [0.15, 0.2) is 18.9 Å². The van der Waals surface area contributed by atoms with E-state index in [9.17, 15) is 61.0 Å². The summed E-state index contributed by atoms with van der Waals surface area (Å²) in [6.07, 6.45) is 28.7. The van der Waals surface area contributed by atoms with Gasteiger partial charge in [0.05, 0.1) is 38.6 Å². The SMILES string of the molecule is CC/C=C\C/C=C\C/C=C\C/C=C\C/C=C\C/C=C\CCCCCCCCCCCCC(=O)NC(COC1OC(CO)C(OC2OC(CO)C(OC3OC(CO)C(O)C(O)C3O)C(O)C2O)C(O)C1O)C(O)CCCCCCCCCCC. The van der Waals surface area contributed by atoms with Gasteiger partial charge in [0.2, 0.25) is 5.91 Å². The Kier molecular flexibility index (Phi) is 41.6. The first kappa shape index (κ1) is 74.5. The first-order chi connectivity index (χ1) is 40.3. The zero-order valence-electron chi connectivity index (χ0n) is 50.1. The summed E-state index contributed by atoms with van der Waals surface area (Å²) in [6.45, 7) is 1.62. The molecule has 12 N–H and O–H groups in total. The summed E-state index contributed by atoms with van der Waals surface area (Å²) in [6, 6.07) is -0.891. The third-order valence-electron chi connectivity index (χ3n) is 15.5. The molecule has 3 aliphatic heterocycles. The minimum Gasteiger partial charge on any atom is -0.394 e. The Bertz CT molecular complexity index is 1790. The number of nitrogens with one attached hydrogen (secondary N) is 1. The topological polar surface area (TPSA) is 307 Å². The van der Waals surface area contributed by atoms with Crippen molar-refractivity contribution in [3.05, 3.63) is 72.9 Å². The maximum atomic E-state index is 13.3. The van der Waals surface area contributed by atoms with Gasteiger partial charge >= 0.3 is 0 Å². The smallest absolute Gasteiger partial charge is 0.220 e. The molecule has 0 aliphatic carbocycles. The summed E-state index contributed by atoms with van der Waals surface area (Å²) in [5.41, 5.74) is 0. The van der Waals surface area contributed by atoms with Crippen molar-refractivity contribution < 1.29 is 89.4 Å². The van der Waals surface area contributed by atoms with Gasteiger partial charge in [-0.2, -0.15) is 0 Å². The third-order valence-corrected chi connectivity index (χ3v) is 15.5. The summed E-state index contributed by atoms with van der Waals surface area (Å²) in [5, 5.41) is 120. The van der Waals surface area contributed by atoms with Crippen molar-refractivity contribution in [3.63, 3.8) is 0 Å². The average molecular weight is 1180 g/mol. The maximum Gasteiger partial charge on any atom is 0.220 e. The molecule has 19 heteroatoms. The summed E-state index contributed by atoms with van der Waals surface area (Å²) < 4.78 is 34.3. The molecule has 0 bridgehead atoms. The lowest BCUT2D eigenvalue weighted by molar-refractivity contribution is -0.379. The van der Waals surface area contributed by atoms with Gasteiger partial charge in [-0.1, -0.05) is 196 Å². The van der Waals surface area contributed by atoms with Crippen LogP contribution in [0.5, 0.6) is 0 Å². The molecule has 17 unspecified atom stereocenters. The second-order valence-electron chi connectivity index (χ2n) is 22.5. The van der Waals surface area contributed by atoms with Crippen molar-refractivity contribution in [2.75, 3.05) is 26.4 Å². The van der Waals surface area contributed by atoms with E-state index in [1.807, 2.05) is 0 Å². The molecule has 3 heterocycles. The molecule has 3 fully saturated rings. The Balaban J connectivity index is 1.39. The fourth-order valence-electron chi connectivity index (χ4n) is 10.4. The van der Waals surface area contributed by atoms with E-state index in [-0.39, 0.29) is 18.9 Å². The van der Waals surface area contributed by atoms with E-state index >= 15 is 0 Å². The average Bonchev–Trinajstić information content (AvgIpc) is 3.25. The highest BCUT2D eigenvalue weighted by Crippen LogP contribution is 2.33. The zero-order chi connectivity index (χ0) is 60.5. The second-order valence-corrected chi connectivity index (χ2v) is 22.5. The van der Waals surface area contributed by atoms with Crippen molar-refractivity contribution in [2.24, 2.45) is 0 Å². The van der Waals surface area contributed by atoms with Crippen molar-refractivity contribution >= 4 is 5.91 Å². The standard InChI is InChI=1S/C64H111NO18/c1-3-5-7-9-11-13-14-15-16-17-18-19-20-21-22-23-24-25-26-27-28-29-30-31-32-34-36-38-40-42-52(70)65-47(48(69)41-39-37-35-33-12-10-8-6-4-2)46-78-62-58(76)55(73)60(50(44-67)80-62)83-64-59(77)56(74)61(51(45-68)81-64)82-63-57(75)54(72)53(71)49(43-66)79-63/h5,7,11,13,15-16,18-19,21-22,24-25,47-51,53-64,66-69,71-77H,3-4,6,8-10,12,14,17,20,23,26-46H2,1-2H3,(H,65,70)/b7-5-,13-11-,16-15-,19-18-,22-21-,25-24-. The molecular weight excluding hydrogens is 1070 g/mol. The number of unbranched alkanes of at least 4 members (excludes halogenated alkanes) is 18. The molecule has 480 valence electrons. The molecule has 0 spiro atoms. The van der Waals surface area contributed by atoms with Crippen LogP contribution in [-0.2, 0) is 33.2 Å². The van der Waals surface area contributed by atoms with Crippen LogP contribution in [0.1, 0.15) is 194 Å². The second kappa shape index (κ2) is 46.4. The quantitative estimate of drug-likeness (QED) is 0.0226. The molecule has 19 nitrogen and oxygen atoms in total. The highest BCUT2D eigenvalue weighted by atomic mass is 16.8. The van der Waals surface area contributed by atoms with E-state index in [1.54, 1.807) is 0 Å². The van der Waals surface area contributed by atoms with E-state index in [0.717, 1.165) is 96.3 Å². The molecule has 0 aromatic carbocycles. The number of aliphatic hydroxyl groups excluding tert-OH is 11. The lowest BCUT2D eigenvalue weighted by atomic mass is 9.96. The number of rotatable bonds is 46. The van der Waals surface area contributed by atoms with Crippen LogP contribution in [-0.4, -0.2) is 193 Å². The molecule has 0 aromatic heterocycles. The molecule has 1 amide bonds. The Morgan fingerprint density at radius 2 is 0.831 bits per heavy atom.